The molecular weight excluding hydrogens is 1600 g/mol. The highest BCUT2D eigenvalue weighted by Gasteiger charge is 2.65. The molecule has 12 N–H and O–H groups in total. The molecule has 636 valence electrons. The number of carbonyl (C=O) groups is 5. The van der Waals surface area contributed by atoms with E-state index in [1.807, 2.05) is 0 Å². The number of amides is 5. The van der Waals surface area contributed by atoms with Crippen LogP contribution in [0.5, 0.6) is 46.0 Å². The third-order valence-electron chi connectivity index (χ3n) is 25.7. The van der Waals surface area contributed by atoms with Crippen LogP contribution in [0.2, 0.25) is 0 Å². The van der Waals surface area contributed by atoms with Crippen molar-refractivity contribution >= 4 is 68.9 Å². The summed E-state index contributed by atoms with van der Waals surface area (Å²) in [5, 5.41) is 56.5. The molecule has 4 heterocycles. The Hall–Kier alpha value is -9.08. The quantitative estimate of drug-likeness (QED) is 0.0205. The number of ether oxygens (including phenoxy) is 5. The molecule has 4 saturated heterocycles. The van der Waals surface area contributed by atoms with Gasteiger partial charge in [-0.1, -0.05) is 0 Å². The van der Waals surface area contributed by atoms with Crippen LogP contribution in [-0.4, -0.2) is 187 Å². The summed E-state index contributed by atoms with van der Waals surface area (Å²) in [7, 11) is -11.8. The highest BCUT2D eigenvalue weighted by molar-refractivity contribution is 7.94. The van der Waals surface area contributed by atoms with E-state index in [1.165, 1.54) is 92.9 Å². The van der Waals surface area contributed by atoms with E-state index in [2.05, 4.69) is 16.0 Å². The zero-order valence-electron chi connectivity index (χ0n) is 65.6. The van der Waals surface area contributed by atoms with Gasteiger partial charge in [0.05, 0.1) is 40.9 Å². The molecule has 4 unspecified atom stereocenters. The molecule has 36 heteroatoms. The standard InChI is InChI=1S/C25H30N2O7S.C24H30N2O7S.C16H21FN2O4S.C16H22N2O5S/c1-18(28)27-15-13-24(14-16-27)11-12-25(17-24,23(29)26-30)35(31,32)22-9-7-21(8-10-22)34-20-5-3-19(33-2)4-6-20;1-31-17-3-5-18(6-4-17)33-20-8-7-19(15-21(20)32-2)34(29,30)24(22(27)26-28)10-9-23(16-24)11-13-25-14-12-23;17-12-1-3-13(4-2-12)24(22,23)16(14(20)19-21)6-5-15(11-16)7-9-18-10-8-15;19-12-1-3-13(4-2-12)24(22,23)16(14(20)18-21)6-5-15(11-16)7-9-17-10-8-15/h3-10,30H,11-17H2,1-2H3,(H,26,29);3-8,15,25,28H,9-14,16H2,1-2H3,(H,26,27);1-4,18,21H,5-11H2,(H,19,20);1-4,17,19,21H,5-11H2,(H,18,20). The van der Waals surface area contributed by atoms with Gasteiger partial charge >= 0.3 is 0 Å². The molecule has 4 spiro atoms. The van der Waals surface area contributed by atoms with Crippen LogP contribution in [0.1, 0.15) is 135 Å². The first-order valence-electron chi connectivity index (χ1n) is 38.8. The number of phenols is 1. The summed E-state index contributed by atoms with van der Waals surface area (Å²) < 4.78 is 142. The normalized spacial score (nSPS) is 23.6. The fourth-order valence-corrected chi connectivity index (χ4v) is 27.2. The summed E-state index contributed by atoms with van der Waals surface area (Å²) in [4.78, 5) is 63.9. The molecule has 4 aliphatic carbocycles. The molecule has 6 aromatic rings. The molecule has 14 rings (SSSR count). The largest absolute Gasteiger partial charge is 0.508 e. The highest BCUT2D eigenvalue weighted by Crippen LogP contribution is 2.59. The number of benzene rings is 6. The van der Waals surface area contributed by atoms with Gasteiger partial charge in [0.25, 0.3) is 23.6 Å². The Morgan fingerprint density at radius 3 is 0.957 bits per heavy atom. The summed E-state index contributed by atoms with van der Waals surface area (Å²) in [6.07, 6.45) is 9.69. The molecule has 4 atom stereocenters. The molecule has 117 heavy (non-hydrogen) atoms. The van der Waals surface area contributed by atoms with Crippen LogP contribution in [0.3, 0.4) is 0 Å². The van der Waals surface area contributed by atoms with E-state index in [0.29, 0.717) is 86.1 Å². The molecule has 5 amide bonds. The van der Waals surface area contributed by atoms with Crippen molar-refractivity contribution in [1.82, 2.24) is 42.8 Å². The first-order valence-corrected chi connectivity index (χ1v) is 44.7. The van der Waals surface area contributed by atoms with Gasteiger partial charge in [0.15, 0.2) is 69.8 Å². The maximum Gasteiger partial charge on any atom is 0.265 e. The number of halogens is 1. The van der Waals surface area contributed by atoms with Crippen LogP contribution in [0.15, 0.2) is 159 Å². The lowest BCUT2D eigenvalue weighted by molar-refractivity contribution is -0.133. The predicted octanol–water partition coefficient (Wildman–Crippen LogP) is 8.75. The minimum atomic E-state index is -4.16. The van der Waals surface area contributed by atoms with Gasteiger partial charge in [0, 0.05) is 26.1 Å². The van der Waals surface area contributed by atoms with Crippen molar-refractivity contribution in [2.45, 2.75) is 174 Å². The van der Waals surface area contributed by atoms with Crippen LogP contribution in [0.4, 0.5) is 4.39 Å². The Morgan fingerprint density at radius 1 is 0.359 bits per heavy atom. The van der Waals surface area contributed by atoms with E-state index in [1.54, 1.807) is 89.6 Å². The minimum absolute atomic E-state index is 0.0122. The van der Waals surface area contributed by atoms with Crippen LogP contribution in [0.25, 0.3) is 0 Å². The smallest absolute Gasteiger partial charge is 0.265 e. The number of nitrogens with zero attached hydrogens (tertiary/aromatic N) is 1. The lowest BCUT2D eigenvalue weighted by atomic mass is 9.76. The average Bonchev–Trinajstić information content (AvgIpc) is 1.61. The molecular formula is C81H103FN8O23S4. The first kappa shape index (κ1) is 88.7. The Balaban J connectivity index is 0.000000155. The van der Waals surface area contributed by atoms with Gasteiger partial charge in [-0.05, 0) is 323 Å². The molecule has 4 saturated carbocycles. The number of likely N-dealkylation sites (tertiary alicyclic amines) is 1. The first-order chi connectivity index (χ1) is 55.6. The number of hydroxylamine groups is 4. The second-order valence-corrected chi connectivity index (χ2v) is 41.0. The van der Waals surface area contributed by atoms with E-state index in [0.717, 1.165) is 89.9 Å². The number of piperidine rings is 4. The van der Waals surface area contributed by atoms with Gasteiger partial charge in [-0.2, -0.15) is 0 Å². The molecule has 0 bridgehead atoms. The number of carbonyl (C=O) groups excluding carboxylic acids is 5. The Bertz CT molecular complexity index is 4900. The molecule has 6 aromatic carbocycles. The third kappa shape index (κ3) is 17.7. The van der Waals surface area contributed by atoms with Crippen molar-refractivity contribution in [3.63, 3.8) is 0 Å². The van der Waals surface area contributed by atoms with E-state index in [4.69, 9.17) is 28.9 Å². The molecule has 0 radical (unpaired) electrons. The van der Waals surface area contributed by atoms with E-state index in [9.17, 15) is 82.8 Å². The van der Waals surface area contributed by atoms with Crippen molar-refractivity contribution in [2.75, 3.05) is 73.7 Å². The molecule has 0 aromatic heterocycles. The average molecular weight is 1700 g/mol. The second-order valence-electron chi connectivity index (χ2n) is 32.0. The summed E-state index contributed by atoms with van der Waals surface area (Å²) in [6.45, 7) is 7.31. The van der Waals surface area contributed by atoms with Gasteiger partial charge < -0.3 is 49.6 Å². The number of rotatable bonds is 19. The summed E-state index contributed by atoms with van der Waals surface area (Å²) in [6, 6.07) is 33.7. The fraction of sp³-hybridized carbons (Fsp3) is 0.494. The number of sulfone groups is 4. The van der Waals surface area contributed by atoms with Crippen LogP contribution < -0.4 is 61.6 Å². The number of aromatic hydroxyl groups is 1. The lowest BCUT2D eigenvalue weighted by Gasteiger charge is -2.40. The number of hydrogen-bond acceptors (Lipinski definition) is 26. The maximum absolute atomic E-state index is 13.9. The predicted molar refractivity (Wildman–Crippen MR) is 422 cm³/mol. The maximum atomic E-state index is 13.9. The fourth-order valence-electron chi connectivity index (χ4n) is 18.7. The van der Waals surface area contributed by atoms with Crippen LogP contribution in [0, 0.1) is 27.5 Å². The van der Waals surface area contributed by atoms with Crippen molar-refractivity contribution in [3.05, 3.63) is 145 Å². The zero-order chi connectivity index (χ0) is 84.5. The number of phenolic OH excluding ortho intramolecular Hbond substituents is 1. The van der Waals surface area contributed by atoms with Crippen molar-refractivity contribution in [3.8, 4) is 46.0 Å². The van der Waals surface area contributed by atoms with Crippen LogP contribution in [-0.2, 0) is 63.3 Å². The van der Waals surface area contributed by atoms with Crippen molar-refractivity contribution in [2.24, 2.45) is 21.7 Å². The Morgan fingerprint density at radius 2 is 0.641 bits per heavy atom. The third-order valence-corrected chi connectivity index (χ3v) is 35.5. The molecule has 31 nitrogen and oxygen atoms in total. The van der Waals surface area contributed by atoms with Gasteiger partial charge in [-0.15, -0.1) is 0 Å². The summed E-state index contributed by atoms with van der Waals surface area (Å²) in [5.74, 6) is -0.747. The van der Waals surface area contributed by atoms with Gasteiger partial charge in [-0.3, -0.25) is 44.8 Å². The number of hydrogen-bond donors (Lipinski definition) is 12. The monoisotopic (exact) mass is 1700 g/mol. The van der Waals surface area contributed by atoms with Gasteiger partial charge in [0.2, 0.25) is 5.91 Å². The molecule has 8 aliphatic rings. The lowest BCUT2D eigenvalue weighted by Crippen LogP contribution is -2.51. The van der Waals surface area contributed by atoms with E-state index >= 15 is 0 Å². The van der Waals surface area contributed by atoms with E-state index in [-0.39, 0.29) is 110 Å². The Kier molecular flexibility index (Phi) is 27.2. The number of nitrogens with one attached hydrogen (secondary N) is 7. The van der Waals surface area contributed by atoms with Gasteiger partial charge in [-0.25, -0.2) is 60.0 Å². The topological polar surface area (TPSA) is 457 Å². The van der Waals surface area contributed by atoms with Crippen LogP contribution >= 0.6 is 0 Å². The van der Waals surface area contributed by atoms with E-state index < -0.39 is 87.8 Å². The van der Waals surface area contributed by atoms with Crippen molar-refractivity contribution in [1.29, 1.82) is 0 Å². The Labute approximate surface area is 680 Å². The number of methoxy groups -OCH3 is 3. The summed E-state index contributed by atoms with van der Waals surface area (Å²) in [5.41, 5.74) is 5.33. The van der Waals surface area contributed by atoms with Crippen molar-refractivity contribution < 1.29 is 112 Å². The SMILES string of the molecule is COc1ccc(Oc2ccc(S(=O)(=O)C3(C(=O)NO)CCC4(CCN(C(C)=O)CC4)C3)cc2)cc1.COc1ccc(Oc2ccc(S(=O)(=O)C3(C(=O)NO)CCC4(CCNCC4)C3)cc2OC)cc1.O=C(NO)C1(S(=O)(=O)c2ccc(F)cc2)CCC2(CCNCC2)C1.O=C(NO)C1(S(=O)(=O)c2ccc(O)cc2)CCC2(CCNCC2)C1. The van der Waals surface area contributed by atoms with Gasteiger partial charge in [0.1, 0.15) is 40.3 Å². The highest BCUT2D eigenvalue weighted by atomic mass is 32.2. The second kappa shape index (κ2) is 35.9. The molecule has 4 aliphatic heterocycles. The zero-order valence-corrected chi connectivity index (χ0v) is 68.9. The molecule has 8 fully saturated rings. The summed E-state index contributed by atoms with van der Waals surface area (Å²) >= 11 is 0. The minimum Gasteiger partial charge on any atom is -0.508 e.